The molecule has 0 spiro atoms. The Morgan fingerprint density at radius 1 is 0.829 bits per heavy atom. The SMILES string of the molecule is COc1ccc(C[C@H]2CSc3ccccc3N2Cc2ccc(OCCN3CCCCC3)cc2)cc1. The molecule has 5 rings (SSSR count). The van der Waals surface area contributed by atoms with Crippen molar-refractivity contribution in [2.24, 2.45) is 0 Å². The van der Waals surface area contributed by atoms with Gasteiger partial charge >= 0.3 is 0 Å². The minimum absolute atomic E-state index is 0.434. The summed E-state index contributed by atoms with van der Waals surface area (Å²) in [5, 5.41) is 0. The summed E-state index contributed by atoms with van der Waals surface area (Å²) in [5.41, 5.74) is 4.00. The van der Waals surface area contributed by atoms with Crippen molar-refractivity contribution in [1.29, 1.82) is 0 Å². The molecule has 2 aliphatic rings. The van der Waals surface area contributed by atoms with E-state index < -0.39 is 0 Å². The molecule has 0 amide bonds. The lowest BCUT2D eigenvalue weighted by molar-refractivity contribution is 0.183. The number of thioether (sulfide) groups is 1. The van der Waals surface area contributed by atoms with Crippen LogP contribution >= 0.6 is 11.8 Å². The Hall–Kier alpha value is -2.63. The fourth-order valence-corrected chi connectivity index (χ4v) is 6.25. The lowest BCUT2D eigenvalue weighted by Gasteiger charge is -2.39. The number of fused-ring (bicyclic) bond motifs is 1. The van der Waals surface area contributed by atoms with Crippen molar-refractivity contribution in [3.05, 3.63) is 83.9 Å². The van der Waals surface area contributed by atoms with Crippen molar-refractivity contribution in [3.8, 4) is 11.5 Å². The van der Waals surface area contributed by atoms with Gasteiger partial charge in [-0.3, -0.25) is 4.90 Å². The van der Waals surface area contributed by atoms with E-state index in [1.807, 2.05) is 11.8 Å². The number of hydrogen-bond donors (Lipinski definition) is 0. The number of nitrogens with zero attached hydrogens (tertiary/aromatic N) is 2. The monoisotopic (exact) mass is 488 g/mol. The van der Waals surface area contributed by atoms with Gasteiger partial charge in [-0.2, -0.15) is 0 Å². The van der Waals surface area contributed by atoms with E-state index in [2.05, 4.69) is 82.6 Å². The van der Waals surface area contributed by atoms with E-state index in [1.165, 1.54) is 54.1 Å². The highest BCUT2D eigenvalue weighted by atomic mass is 32.2. The van der Waals surface area contributed by atoms with Crippen molar-refractivity contribution in [3.63, 3.8) is 0 Å². The van der Waals surface area contributed by atoms with Gasteiger partial charge in [0.1, 0.15) is 18.1 Å². The van der Waals surface area contributed by atoms with Crippen LogP contribution in [-0.2, 0) is 13.0 Å². The largest absolute Gasteiger partial charge is 0.497 e. The highest BCUT2D eigenvalue weighted by molar-refractivity contribution is 7.99. The smallest absolute Gasteiger partial charge is 0.119 e. The molecule has 3 aromatic rings. The van der Waals surface area contributed by atoms with Crippen LogP contribution in [0.25, 0.3) is 0 Å². The zero-order chi connectivity index (χ0) is 23.9. The third kappa shape index (κ3) is 6.33. The van der Waals surface area contributed by atoms with E-state index in [-0.39, 0.29) is 0 Å². The van der Waals surface area contributed by atoms with E-state index >= 15 is 0 Å². The summed E-state index contributed by atoms with van der Waals surface area (Å²) in [7, 11) is 1.72. The Morgan fingerprint density at radius 2 is 1.54 bits per heavy atom. The highest BCUT2D eigenvalue weighted by Gasteiger charge is 2.27. The zero-order valence-corrected chi connectivity index (χ0v) is 21.5. The number of anilines is 1. The van der Waals surface area contributed by atoms with Gasteiger partial charge in [-0.05, 0) is 79.9 Å². The zero-order valence-electron chi connectivity index (χ0n) is 20.7. The molecule has 0 radical (unpaired) electrons. The molecule has 0 aliphatic carbocycles. The molecule has 0 N–H and O–H groups in total. The molecule has 2 heterocycles. The molecule has 1 fully saturated rings. The maximum Gasteiger partial charge on any atom is 0.119 e. The van der Waals surface area contributed by atoms with Crippen molar-refractivity contribution in [2.75, 3.05) is 44.0 Å². The van der Waals surface area contributed by atoms with E-state index in [0.29, 0.717) is 6.04 Å². The molecule has 1 saturated heterocycles. The number of methoxy groups -OCH3 is 1. The van der Waals surface area contributed by atoms with Gasteiger partial charge < -0.3 is 14.4 Å². The summed E-state index contributed by atoms with van der Waals surface area (Å²) in [6.45, 7) is 5.12. The Balaban J connectivity index is 1.24. The summed E-state index contributed by atoms with van der Waals surface area (Å²) >= 11 is 1.97. The Morgan fingerprint density at radius 3 is 2.31 bits per heavy atom. The van der Waals surface area contributed by atoms with Gasteiger partial charge in [-0.1, -0.05) is 42.8 Å². The van der Waals surface area contributed by atoms with Crippen LogP contribution in [-0.4, -0.2) is 50.0 Å². The third-order valence-corrected chi connectivity index (χ3v) is 8.29. The lowest BCUT2D eigenvalue weighted by atomic mass is 10.0. The average molecular weight is 489 g/mol. The average Bonchev–Trinajstić information content (AvgIpc) is 2.92. The first-order valence-electron chi connectivity index (χ1n) is 12.8. The van der Waals surface area contributed by atoms with Crippen LogP contribution in [0.3, 0.4) is 0 Å². The summed E-state index contributed by atoms with van der Waals surface area (Å²) < 4.78 is 11.4. The quantitative estimate of drug-likeness (QED) is 0.353. The van der Waals surface area contributed by atoms with Gasteiger partial charge in [-0.15, -0.1) is 11.8 Å². The van der Waals surface area contributed by atoms with Gasteiger partial charge in [0.25, 0.3) is 0 Å². The minimum atomic E-state index is 0.434. The number of benzene rings is 3. The Labute approximate surface area is 214 Å². The number of hydrogen-bond acceptors (Lipinski definition) is 5. The van der Waals surface area contributed by atoms with Crippen LogP contribution in [0.4, 0.5) is 5.69 Å². The summed E-state index contributed by atoms with van der Waals surface area (Å²) in [4.78, 5) is 6.48. The second-order valence-electron chi connectivity index (χ2n) is 9.51. The van der Waals surface area contributed by atoms with Gasteiger partial charge in [-0.25, -0.2) is 0 Å². The fourth-order valence-electron chi connectivity index (χ4n) is 5.07. The molecule has 184 valence electrons. The van der Waals surface area contributed by atoms with Gasteiger partial charge in [0.15, 0.2) is 0 Å². The third-order valence-electron chi connectivity index (χ3n) is 7.08. The summed E-state index contributed by atoms with van der Waals surface area (Å²) in [6.07, 6.45) is 5.04. The topological polar surface area (TPSA) is 24.9 Å². The molecule has 0 unspecified atom stereocenters. The predicted octanol–water partition coefficient (Wildman–Crippen LogP) is 6.28. The number of piperidine rings is 1. The number of ether oxygens (including phenoxy) is 2. The maximum atomic E-state index is 6.06. The number of rotatable bonds is 9. The molecule has 4 nitrogen and oxygen atoms in total. The minimum Gasteiger partial charge on any atom is -0.497 e. The second-order valence-corrected chi connectivity index (χ2v) is 10.6. The second kappa shape index (κ2) is 11.9. The van der Waals surface area contributed by atoms with Crippen molar-refractivity contribution >= 4 is 17.4 Å². The van der Waals surface area contributed by atoms with Crippen LogP contribution in [0.15, 0.2) is 77.7 Å². The van der Waals surface area contributed by atoms with Crippen molar-refractivity contribution in [1.82, 2.24) is 4.90 Å². The molecular formula is C30H36N2O2S. The molecule has 0 saturated carbocycles. The van der Waals surface area contributed by atoms with Gasteiger partial charge in [0, 0.05) is 29.8 Å². The summed E-state index contributed by atoms with van der Waals surface area (Å²) in [6, 6.07) is 26.5. The van der Waals surface area contributed by atoms with Crippen molar-refractivity contribution in [2.45, 2.75) is 43.2 Å². The summed E-state index contributed by atoms with van der Waals surface area (Å²) in [5.74, 6) is 2.96. The highest BCUT2D eigenvalue weighted by Crippen LogP contribution is 2.39. The molecule has 5 heteroatoms. The molecular weight excluding hydrogens is 452 g/mol. The van der Waals surface area contributed by atoms with Crippen molar-refractivity contribution < 1.29 is 9.47 Å². The fraction of sp³-hybridized carbons (Fsp3) is 0.400. The van der Waals surface area contributed by atoms with Crippen LogP contribution in [0.5, 0.6) is 11.5 Å². The molecule has 2 aliphatic heterocycles. The van der Waals surface area contributed by atoms with Crippen LogP contribution in [0.1, 0.15) is 30.4 Å². The standard InChI is InChI=1S/C30H36N2O2S/c1-33-27-13-9-24(10-14-27)21-26-23-35-30-8-4-3-7-29(30)32(26)22-25-11-15-28(16-12-25)34-20-19-31-17-5-2-6-18-31/h3-4,7-16,26H,2,5-6,17-23H2,1H3/t26-/m0/s1. The van der Waals surface area contributed by atoms with E-state index in [1.54, 1.807) is 7.11 Å². The van der Waals surface area contributed by atoms with Crippen LogP contribution in [0, 0.1) is 0 Å². The van der Waals surface area contributed by atoms with Gasteiger partial charge in [0.05, 0.1) is 12.8 Å². The first-order chi connectivity index (χ1) is 17.3. The molecule has 35 heavy (non-hydrogen) atoms. The molecule has 3 aromatic carbocycles. The van der Waals surface area contributed by atoms with Crippen LogP contribution in [0.2, 0.25) is 0 Å². The molecule has 1 atom stereocenters. The Kier molecular flexibility index (Phi) is 8.17. The van der Waals surface area contributed by atoms with E-state index in [0.717, 1.165) is 43.4 Å². The van der Waals surface area contributed by atoms with E-state index in [4.69, 9.17) is 9.47 Å². The van der Waals surface area contributed by atoms with E-state index in [9.17, 15) is 0 Å². The molecule has 0 bridgehead atoms. The normalized spacial score (nSPS) is 18.2. The maximum absolute atomic E-state index is 6.06. The van der Waals surface area contributed by atoms with Gasteiger partial charge in [0.2, 0.25) is 0 Å². The number of para-hydroxylation sites is 1. The Bertz CT molecular complexity index is 1060. The van der Waals surface area contributed by atoms with Crippen LogP contribution < -0.4 is 14.4 Å². The first-order valence-corrected chi connectivity index (χ1v) is 13.8. The first kappa shape index (κ1) is 24.1. The predicted molar refractivity (Wildman–Crippen MR) is 146 cm³/mol. The lowest BCUT2D eigenvalue weighted by Crippen LogP contribution is -2.41. The number of likely N-dealkylation sites (tertiary alicyclic amines) is 1. The molecule has 0 aromatic heterocycles.